The number of phenols is 1. The number of nitrogens with zero attached hydrogens (tertiary/aromatic N) is 1. The lowest BCUT2D eigenvalue weighted by molar-refractivity contribution is -0.112. The predicted molar refractivity (Wildman–Crippen MR) is 82.2 cm³/mol. The maximum Gasteiger partial charge on any atom is 0.154 e. The molecule has 1 rings (SSSR count). The van der Waals surface area contributed by atoms with E-state index >= 15 is 0 Å². The number of allylic oxidation sites excluding steroid dienone is 2. The topological polar surface area (TPSA) is 61.7 Å². The molecule has 1 aromatic carbocycles. The van der Waals surface area contributed by atoms with Crippen LogP contribution >= 0.6 is 0 Å². The van der Waals surface area contributed by atoms with Gasteiger partial charge in [0.1, 0.15) is 5.75 Å². The molecule has 108 valence electrons. The van der Waals surface area contributed by atoms with E-state index < -0.39 is 0 Å². The van der Waals surface area contributed by atoms with Gasteiger partial charge >= 0.3 is 0 Å². The Morgan fingerprint density at radius 3 is 2.60 bits per heavy atom. The van der Waals surface area contributed by atoms with Crippen molar-refractivity contribution in [2.45, 2.75) is 33.7 Å². The molecule has 0 bridgehead atoms. The summed E-state index contributed by atoms with van der Waals surface area (Å²) in [4.78, 5) is 15.5. The van der Waals surface area contributed by atoms with Gasteiger partial charge in [-0.3, -0.25) is 9.79 Å². The summed E-state index contributed by atoms with van der Waals surface area (Å²) < 4.78 is 0. The van der Waals surface area contributed by atoms with Crippen LogP contribution in [0.15, 0.2) is 41.0 Å². The molecular weight excluding hydrogens is 252 g/mol. The summed E-state index contributed by atoms with van der Waals surface area (Å²) in [5.41, 5.74) is 2.38. The quantitative estimate of drug-likeness (QED) is 0.619. The van der Waals surface area contributed by atoms with E-state index in [1.165, 1.54) is 6.92 Å². The zero-order chi connectivity index (χ0) is 15.1. The second-order valence-electron chi connectivity index (χ2n) is 4.90. The van der Waals surface area contributed by atoms with E-state index in [9.17, 15) is 9.90 Å². The Morgan fingerprint density at radius 1 is 1.35 bits per heavy atom. The molecule has 1 aromatic rings. The highest BCUT2D eigenvalue weighted by Crippen LogP contribution is 2.16. The second-order valence-corrected chi connectivity index (χ2v) is 4.90. The number of phenolic OH excluding ortho intramolecular Hbond substituents is 1. The van der Waals surface area contributed by atoms with Crippen molar-refractivity contribution in [3.05, 3.63) is 41.6 Å². The Labute approximate surface area is 120 Å². The molecule has 0 fully saturated rings. The first kappa shape index (κ1) is 16.0. The molecular formula is C16H22N2O2. The molecule has 0 saturated heterocycles. The smallest absolute Gasteiger partial charge is 0.154 e. The van der Waals surface area contributed by atoms with Crippen molar-refractivity contribution in [2.75, 3.05) is 6.54 Å². The van der Waals surface area contributed by atoms with Crippen LogP contribution in [-0.4, -0.2) is 29.2 Å². The fraction of sp³-hybridized carbons (Fsp3) is 0.375. The Morgan fingerprint density at radius 2 is 2.00 bits per heavy atom. The number of carbonyl (C=O) groups is 1. The van der Waals surface area contributed by atoms with Gasteiger partial charge in [-0.15, -0.1) is 0 Å². The van der Waals surface area contributed by atoms with Crippen LogP contribution in [0.2, 0.25) is 0 Å². The number of benzene rings is 1. The Hall–Kier alpha value is -2.10. The van der Waals surface area contributed by atoms with Crippen LogP contribution in [0.1, 0.15) is 33.3 Å². The highest BCUT2D eigenvalue weighted by atomic mass is 16.3. The van der Waals surface area contributed by atoms with Crippen LogP contribution in [0.25, 0.3) is 0 Å². The fourth-order valence-electron chi connectivity index (χ4n) is 1.89. The minimum Gasteiger partial charge on any atom is -0.507 e. The summed E-state index contributed by atoms with van der Waals surface area (Å²) in [5.74, 6) is 0.262. The lowest BCUT2D eigenvalue weighted by atomic mass is 10.1. The molecule has 4 heteroatoms. The lowest BCUT2D eigenvalue weighted by Gasteiger charge is -2.12. The largest absolute Gasteiger partial charge is 0.507 e. The van der Waals surface area contributed by atoms with Gasteiger partial charge in [0.15, 0.2) is 5.78 Å². The number of aliphatic imine (C=N–C) groups is 1. The Kier molecular flexibility index (Phi) is 5.97. The van der Waals surface area contributed by atoms with Crippen LogP contribution in [0.5, 0.6) is 5.75 Å². The van der Waals surface area contributed by atoms with Crippen LogP contribution in [-0.2, 0) is 4.79 Å². The lowest BCUT2D eigenvalue weighted by Crippen LogP contribution is -2.23. The number of rotatable bonds is 6. The molecule has 0 spiro atoms. The van der Waals surface area contributed by atoms with Crippen molar-refractivity contribution in [3.63, 3.8) is 0 Å². The first-order chi connectivity index (χ1) is 9.40. The molecule has 0 amide bonds. The van der Waals surface area contributed by atoms with Gasteiger partial charge in [-0.25, -0.2) is 0 Å². The second kappa shape index (κ2) is 7.48. The number of ketones is 1. The minimum absolute atomic E-state index is 0.0246. The monoisotopic (exact) mass is 274 g/mol. The molecule has 4 nitrogen and oxygen atoms in total. The molecule has 20 heavy (non-hydrogen) atoms. The van der Waals surface area contributed by atoms with Gasteiger partial charge in [0.25, 0.3) is 0 Å². The Balaban J connectivity index is 2.65. The average molecular weight is 274 g/mol. The predicted octanol–water partition coefficient (Wildman–Crippen LogP) is 2.67. The van der Waals surface area contributed by atoms with Crippen molar-refractivity contribution >= 4 is 11.5 Å². The summed E-state index contributed by atoms with van der Waals surface area (Å²) in [6.07, 6.45) is 1.56. The van der Waals surface area contributed by atoms with E-state index in [1.54, 1.807) is 18.2 Å². The summed E-state index contributed by atoms with van der Waals surface area (Å²) in [5, 5.41) is 12.9. The van der Waals surface area contributed by atoms with E-state index in [-0.39, 0.29) is 17.6 Å². The van der Waals surface area contributed by atoms with Crippen molar-refractivity contribution in [2.24, 2.45) is 4.99 Å². The van der Waals surface area contributed by atoms with Crippen LogP contribution in [0.4, 0.5) is 0 Å². The molecule has 1 atom stereocenters. The molecule has 0 aliphatic rings. The van der Waals surface area contributed by atoms with Gasteiger partial charge in [0.2, 0.25) is 0 Å². The van der Waals surface area contributed by atoms with Gasteiger partial charge < -0.3 is 10.4 Å². The molecule has 2 N–H and O–H groups in total. The SMILES string of the molecule is CC(=O)/C=C(\C)NCC(C)N=C(C)c1ccccc1O. The number of nitrogens with one attached hydrogen (secondary N) is 1. The molecule has 1 unspecified atom stereocenters. The summed E-state index contributed by atoms with van der Waals surface area (Å²) >= 11 is 0. The summed E-state index contributed by atoms with van der Waals surface area (Å²) in [6.45, 7) is 7.88. The van der Waals surface area contributed by atoms with Crippen molar-refractivity contribution in [1.82, 2.24) is 5.32 Å². The van der Waals surface area contributed by atoms with Crippen molar-refractivity contribution in [3.8, 4) is 5.75 Å². The van der Waals surface area contributed by atoms with Crippen LogP contribution in [0.3, 0.4) is 0 Å². The summed E-state index contributed by atoms with van der Waals surface area (Å²) in [7, 11) is 0. The van der Waals surface area contributed by atoms with Gasteiger partial charge in [0.05, 0.1) is 6.04 Å². The highest BCUT2D eigenvalue weighted by Gasteiger charge is 2.05. The molecule has 0 aliphatic heterocycles. The third kappa shape index (κ3) is 5.26. The van der Waals surface area contributed by atoms with E-state index in [4.69, 9.17) is 0 Å². The highest BCUT2D eigenvalue weighted by molar-refractivity contribution is 6.01. The fourth-order valence-corrected chi connectivity index (χ4v) is 1.89. The van der Waals surface area contributed by atoms with Gasteiger partial charge in [-0.05, 0) is 45.9 Å². The van der Waals surface area contributed by atoms with E-state index in [1.807, 2.05) is 32.9 Å². The summed E-state index contributed by atoms with van der Waals surface area (Å²) in [6, 6.07) is 7.20. The van der Waals surface area contributed by atoms with Gasteiger partial charge in [-0.1, -0.05) is 12.1 Å². The van der Waals surface area contributed by atoms with Crippen molar-refractivity contribution < 1.29 is 9.90 Å². The zero-order valence-corrected chi connectivity index (χ0v) is 12.5. The maximum absolute atomic E-state index is 10.9. The third-order valence-corrected chi connectivity index (χ3v) is 2.80. The van der Waals surface area contributed by atoms with Crippen LogP contribution in [0, 0.1) is 0 Å². The van der Waals surface area contributed by atoms with Gasteiger partial charge in [-0.2, -0.15) is 0 Å². The minimum atomic E-state index is 0.0246. The molecule has 0 saturated carbocycles. The Bertz CT molecular complexity index is 533. The molecule has 0 aromatic heterocycles. The van der Waals surface area contributed by atoms with E-state index in [0.717, 1.165) is 17.0 Å². The number of para-hydroxylation sites is 1. The van der Waals surface area contributed by atoms with Gasteiger partial charge in [0, 0.05) is 23.5 Å². The van der Waals surface area contributed by atoms with E-state index in [0.29, 0.717) is 6.54 Å². The number of carbonyl (C=O) groups excluding carboxylic acids is 1. The molecule has 0 aliphatic carbocycles. The van der Waals surface area contributed by atoms with Crippen LogP contribution < -0.4 is 5.32 Å². The number of hydrogen-bond acceptors (Lipinski definition) is 4. The van der Waals surface area contributed by atoms with E-state index in [2.05, 4.69) is 10.3 Å². The molecule has 0 heterocycles. The molecule has 0 radical (unpaired) electrons. The zero-order valence-electron chi connectivity index (χ0n) is 12.5. The standard InChI is InChI=1S/C16H22N2O2/c1-11(9-13(3)19)17-10-12(2)18-14(4)15-7-5-6-8-16(15)20/h5-9,12,17,20H,10H2,1-4H3/b11-9+,18-14?. The first-order valence-corrected chi connectivity index (χ1v) is 6.65. The number of aromatic hydroxyl groups is 1. The number of hydrogen-bond donors (Lipinski definition) is 2. The maximum atomic E-state index is 10.9. The average Bonchev–Trinajstić information content (AvgIpc) is 2.36. The first-order valence-electron chi connectivity index (χ1n) is 6.65. The van der Waals surface area contributed by atoms with Crippen molar-refractivity contribution in [1.29, 1.82) is 0 Å². The normalized spacial score (nSPS) is 14.0. The third-order valence-electron chi connectivity index (χ3n) is 2.80.